The summed E-state index contributed by atoms with van der Waals surface area (Å²) >= 11 is 0. The van der Waals surface area contributed by atoms with Gasteiger partial charge in [-0.25, -0.2) is 0 Å². The molecule has 1 aliphatic heterocycles. The van der Waals surface area contributed by atoms with Gasteiger partial charge in [0.25, 0.3) is 0 Å². The highest BCUT2D eigenvalue weighted by atomic mass is 16.3. The van der Waals surface area contributed by atoms with Gasteiger partial charge < -0.3 is 15.3 Å². The summed E-state index contributed by atoms with van der Waals surface area (Å²) in [7, 11) is 0. The molecule has 4 aliphatic carbocycles. The Bertz CT molecular complexity index is 495. The topological polar surface area (TPSA) is 59.3 Å². The highest BCUT2D eigenvalue weighted by Crippen LogP contribution is 2.57. The van der Waals surface area contributed by atoms with Gasteiger partial charge in [0.1, 0.15) is 6.04 Å². The fourth-order valence-electron chi connectivity index (χ4n) is 5.96. The van der Waals surface area contributed by atoms with Crippen LogP contribution in [0.5, 0.6) is 0 Å². The van der Waals surface area contributed by atoms with Crippen molar-refractivity contribution in [2.24, 2.45) is 11.8 Å². The van der Waals surface area contributed by atoms with Gasteiger partial charge in [-0.1, -0.05) is 6.58 Å². The number of likely N-dealkylation sites (tertiary alicyclic amines) is 1. The van der Waals surface area contributed by atoms with Crippen molar-refractivity contribution in [1.29, 1.82) is 5.26 Å². The number of rotatable bonds is 3. The summed E-state index contributed by atoms with van der Waals surface area (Å²) in [5.41, 5.74) is -0.421. The van der Waals surface area contributed by atoms with Gasteiger partial charge in [0, 0.05) is 12.1 Å². The first-order valence-electron chi connectivity index (χ1n) is 8.37. The van der Waals surface area contributed by atoms with E-state index in [2.05, 4.69) is 22.9 Å². The Hall–Kier alpha value is -1.21. The van der Waals surface area contributed by atoms with Crippen LogP contribution in [-0.2, 0) is 0 Å². The fraction of sp³-hybridized carbons (Fsp3) is 0.824. The van der Waals surface area contributed by atoms with Gasteiger partial charge in [0.05, 0.1) is 17.5 Å². The molecule has 1 heterocycles. The normalized spacial score (nSPS) is 47.4. The maximum Gasteiger partial charge on any atom is 0.118 e. The smallest absolute Gasteiger partial charge is 0.118 e. The summed E-state index contributed by atoms with van der Waals surface area (Å²) in [6.07, 6.45) is 8.47. The molecule has 4 saturated carbocycles. The SMILES string of the molecule is C=C(NC12CC3CC(CC(O)(C3)C1)C2)N1CCC[C@H]1C#N. The summed E-state index contributed by atoms with van der Waals surface area (Å²) in [4.78, 5) is 2.13. The Kier molecular flexibility index (Phi) is 2.81. The average molecular weight is 287 g/mol. The molecule has 0 radical (unpaired) electrons. The van der Waals surface area contributed by atoms with Gasteiger partial charge in [-0.2, -0.15) is 5.26 Å². The van der Waals surface area contributed by atoms with Crippen LogP contribution in [0, 0.1) is 23.2 Å². The standard InChI is InChI=1S/C17H25N3O/c1-12(20-4-2-3-15(20)10-18)19-16-6-13-5-14(7-16)9-17(21,8-13)11-16/h13-15,19,21H,1-9,11H2/t13?,14?,15-,16?,17?/m0/s1. The minimum absolute atomic E-state index is 0.0259. The molecule has 3 atom stereocenters. The van der Waals surface area contributed by atoms with E-state index in [-0.39, 0.29) is 11.6 Å². The lowest BCUT2D eigenvalue weighted by molar-refractivity contribution is -0.141. The third-order valence-electron chi connectivity index (χ3n) is 6.19. The Labute approximate surface area is 126 Å². The Balaban J connectivity index is 1.52. The second-order valence-electron chi connectivity index (χ2n) is 8.02. The van der Waals surface area contributed by atoms with E-state index in [0.717, 1.165) is 57.3 Å². The quantitative estimate of drug-likeness (QED) is 0.835. The number of hydrogen-bond donors (Lipinski definition) is 2. The van der Waals surface area contributed by atoms with Crippen LogP contribution in [0.15, 0.2) is 12.4 Å². The maximum absolute atomic E-state index is 10.8. The molecule has 21 heavy (non-hydrogen) atoms. The minimum Gasteiger partial charge on any atom is -0.390 e. The largest absolute Gasteiger partial charge is 0.390 e. The molecule has 0 aromatic rings. The third kappa shape index (κ3) is 2.14. The summed E-state index contributed by atoms with van der Waals surface area (Å²) < 4.78 is 0. The molecular weight excluding hydrogens is 262 g/mol. The van der Waals surface area contributed by atoms with Crippen LogP contribution in [0.25, 0.3) is 0 Å². The van der Waals surface area contributed by atoms with Crippen LogP contribution in [0.2, 0.25) is 0 Å². The van der Waals surface area contributed by atoms with E-state index in [9.17, 15) is 10.4 Å². The Morgan fingerprint density at radius 2 is 2.00 bits per heavy atom. The van der Waals surface area contributed by atoms with Crippen molar-refractivity contribution in [1.82, 2.24) is 10.2 Å². The van der Waals surface area contributed by atoms with E-state index in [4.69, 9.17) is 0 Å². The van der Waals surface area contributed by atoms with Crippen molar-refractivity contribution >= 4 is 0 Å². The van der Waals surface area contributed by atoms with Gasteiger partial charge in [0.2, 0.25) is 0 Å². The minimum atomic E-state index is -0.447. The molecule has 5 fully saturated rings. The average Bonchev–Trinajstić information content (AvgIpc) is 2.83. The van der Waals surface area contributed by atoms with E-state index < -0.39 is 5.60 Å². The molecule has 114 valence electrons. The molecule has 4 nitrogen and oxygen atoms in total. The molecule has 0 aromatic heterocycles. The second kappa shape index (κ2) is 4.39. The molecule has 5 rings (SSSR count). The van der Waals surface area contributed by atoms with Crippen molar-refractivity contribution in [3.63, 3.8) is 0 Å². The second-order valence-corrected chi connectivity index (χ2v) is 8.02. The van der Waals surface area contributed by atoms with Crippen molar-refractivity contribution in [2.75, 3.05) is 6.54 Å². The van der Waals surface area contributed by atoms with Crippen LogP contribution >= 0.6 is 0 Å². The van der Waals surface area contributed by atoms with Gasteiger partial charge in [0.15, 0.2) is 0 Å². The van der Waals surface area contributed by atoms with E-state index >= 15 is 0 Å². The lowest BCUT2D eigenvalue weighted by Gasteiger charge is -2.61. The molecule has 1 saturated heterocycles. The van der Waals surface area contributed by atoms with Crippen molar-refractivity contribution in [2.45, 2.75) is 68.5 Å². The number of nitriles is 1. The van der Waals surface area contributed by atoms with Crippen LogP contribution in [-0.4, -0.2) is 33.7 Å². The molecule has 0 aromatic carbocycles. The molecular formula is C17H25N3O. The van der Waals surface area contributed by atoms with Crippen LogP contribution in [0.4, 0.5) is 0 Å². The van der Waals surface area contributed by atoms with E-state index in [1.807, 2.05) is 0 Å². The third-order valence-corrected chi connectivity index (χ3v) is 6.19. The Morgan fingerprint density at radius 3 is 2.62 bits per heavy atom. The van der Waals surface area contributed by atoms with Gasteiger partial charge >= 0.3 is 0 Å². The monoisotopic (exact) mass is 287 g/mol. The zero-order chi connectivity index (χ0) is 14.7. The first-order chi connectivity index (χ1) is 10.0. The molecule has 0 amide bonds. The highest BCUT2D eigenvalue weighted by Gasteiger charge is 2.57. The molecule has 0 spiro atoms. The van der Waals surface area contributed by atoms with Crippen molar-refractivity contribution in [3.05, 3.63) is 12.4 Å². The fourth-order valence-corrected chi connectivity index (χ4v) is 5.96. The summed E-state index contributed by atoms with van der Waals surface area (Å²) in [6.45, 7) is 5.14. The van der Waals surface area contributed by atoms with Gasteiger partial charge in [-0.05, 0) is 63.2 Å². The van der Waals surface area contributed by atoms with Crippen LogP contribution in [0.1, 0.15) is 51.4 Å². The van der Waals surface area contributed by atoms with Gasteiger partial charge in [-0.15, -0.1) is 0 Å². The zero-order valence-corrected chi connectivity index (χ0v) is 12.6. The van der Waals surface area contributed by atoms with E-state index in [0.29, 0.717) is 11.8 Å². The highest BCUT2D eigenvalue weighted by molar-refractivity contribution is 5.17. The van der Waals surface area contributed by atoms with Crippen molar-refractivity contribution in [3.8, 4) is 6.07 Å². The molecule has 2 N–H and O–H groups in total. The number of hydrogen-bond acceptors (Lipinski definition) is 4. The van der Waals surface area contributed by atoms with Crippen LogP contribution < -0.4 is 5.32 Å². The lowest BCUT2D eigenvalue weighted by Crippen LogP contribution is -2.65. The zero-order valence-electron chi connectivity index (χ0n) is 12.6. The summed E-state index contributed by atoms with van der Waals surface area (Å²) in [5.74, 6) is 2.24. The van der Waals surface area contributed by atoms with E-state index in [1.165, 1.54) is 6.42 Å². The number of nitrogens with zero attached hydrogens (tertiary/aromatic N) is 2. The number of nitrogens with one attached hydrogen (secondary N) is 1. The maximum atomic E-state index is 10.8. The molecule has 2 unspecified atom stereocenters. The predicted molar refractivity (Wildman–Crippen MR) is 80.0 cm³/mol. The lowest BCUT2D eigenvalue weighted by atomic mass is 9.51. The molecule has 5 aliphatic rings. The molecule has 4 bridgehead atoms. The first-order valence-corrected chi connectivity index (χ1v) is 8.37. The van der Waals surface area contributed by atoms with E-state index in [1.54, 1.807) is 0 Å². The summed E-state index contributed by atoms with van der Waals surface area (Å²) in [6, 6.07) is 2.36. The number of aliphatic hydroxyl groups is 1. The van der Waals surface area contributed by atoms with Crippen molar-refractivity contribution < 1.29 is 5.11 Å². The predicted octanol–water partition coefficient (Wildman–Crippen LogP) is 2.12. The Morgan fingerprint density at radius 1 is 1.29 bits per heavy atom. The first kappa shape index (κ1) is 13.5. The summed E-state index contributed by atoms with van der Waals surface area (Å²) in [5, 5.41) is 23.7. The van der Waals surface area contributed by atoms with Crippen LogP contribution in [0.3, 0.4) is 0 Å². The van der Waals surface area contributed by atoms with Gasteiger partial charge in [-0.3, -0.25) is 0 Å². The molecule has 4 heteroatoms.